The molecule has 3 aromatic rings. The van der Waals surface area contributed by atoms with Crippen LogP contribution in [0.1, 0.15) is 58.6 Å². The highest BCUT2D eigenvalue weighted by molar-refractivity contribution is 7.89. The number of carbonyl (C=O) groups excluding carboxylic acids is 2. The smallest absolute Gasteiger partial charge is 0.243 e. The van der Waals surface area contributed by atoms with Gasteiger partial charge in [0.1, 0.15) is 6.04 Å². The van der Waals surface area contributed by atoms with Crippen LogP contribution in [0.4, 0.5) is 5.69 Å². The van der Waals surface area contributed by atoms with Crippen molar-refractivity contribution >= 4 is 27.5 Å². The molecule has 1 aliphatic carbocycles. The van der Waals surface area contributed by atoms with Gasteiger partial charge in [-0.1, -0.05) is 71.0 Å². The molecule has 0 spiro atoms. The Bertz CT molecular complexity index is 1610. The van der Waals surface area contributed by atoms with E-state index in [1.165, 1.54) is 28.6 Å². The molecule has 4 rings (SSSR count). The second kappa shape index (κ2) is 15.6. The molecule has 1 aliphatic rings. The molecule has 6 N–H and O–H groups in total. The van der Waals surface area contributed by atoms with Crippen molar-refractivity contribution in [1.82, 2.24) is 25.2 Å². The fourth-order valence-corrected chi connectivity index (χ4v) is 7.32. The average molecular weight is 679 g/mol. The topological polar surface area (TPSA) is 167 Å². The summed E-state index contributed by atoms with van der Waals surface area (Å²) in [6.07, 6.45) is 4.24. The first-order chi connectivity index (χ1) is 22.6. The van der Waals surface area contributed by atoms with Crippen LogP contribution >= 0.6 is 0 Å². The lowest BCUT2D eigenvalue weighted by atomic mass is 9.85. The Morgan fingerprint density at radius 2 is 1.65 bits per heavy atom. The number of aliphatic hydroxyl groups is 1. The lowest BCUT2D eigenvalue weighted by Gasteiger charge is -2.34. The highest BCUT2D eigenvalue weighted by atomic mass is 32.2. The lowest BCUT2D eigenvalue weighted by molar-refractivity contribution is -0.132. The summed E-state index contributed by atoms with van der Waals surface area (Å²) in [5, 5.41) is 20.9. The minimum atomic E-state index is -3.99. The Kier molecular flexibility index (Phi) is 12.0. The molecule has 12 heteroatoms. The zero-order valence-corrected chi connectivity index (χ0v) is 29.3. The number of rotatable bonds is 16. The number of nitrogen functional groups attached to an aromatic ring is 1. The second-order valence-corrected chi connectivity index (χ2v) is 16.1. The number of hydrogen-bond acceptors (Lipinski definition) is 8. The number of carbonyl (C=O) groups is 2. The minimum absolute atomic E-state index is 0.0119. The number of aliphatic hydroxyl groups excluding tert-OH is 1. The number of amides is 2. The molecular formula is C36H50N6O5S. The molecule has 11 nitrogen and oxygen atoms in total. The van der Waals surface area contributed by atoms with Crippen LogP contribution in [0.2, 0.25) is 0 Å². The molecule has 0 unspecified atom stereocenters. The fraction of sp³-hybridized carbons (Fsp3) is 0.472. The first-order valence-corrected chi connectivity index (χ1v) is 17.9. The van der Waals surface area contributed by atoms with Crippen molar-refractivity contribution in [1.29, 1.82) is 0 Å². The Morgan fingerprint density at radius 1 is 0.979 bits per heavy atom. The van der Waals surface area contributed by atoms with E-state index in [0.717, 1.165) is 24.0 Å². The first kappa shape index (κ1) is 37.0. The van der Waals surface area contributed by atoms with E-state index in [1.54, 1.807) is 12.4 Å². The standard InChI is InChI=1S/C36H50N6O5S/c1-25(2)23-42(48(46,47)29-15-13-28(37)14-16-29)24-31(43)30(20-26-10-7-6-8-11-26)40-34(45)33(35(3,4)5)41-32(44)22-39-36(17-18-36)27-12-9-19-38-21-27/h6-16,19,21,25,30-31,33,39,43H,17-18,20,22-24,37H2,1-5H3,(H,40,45)(H,41,44)/t30-,31+,33+/m0/s1. The Hall–Kier alpha value is -3.84. The van der Waals surface area contributed by atoms with Gasteiger partial charge in [0.25, 0.3) is 0 Å². The summed E-state index contributed by atoms with van der Waals surface area (Å²) < 4.78 is 28.7. The van der Waals surface area contributed by atoms with Gasteiger partial charge in [0.15, 0.2) is 0 Å². The van der Waals surface area contributed by atoms with Gasteiger partial charge in [-0.3, -0.25) is 19.9 Å². The maximum Gasteiger partial charge on any atom is 0.243 e. The predicted molar refractivity (Wildman–Crippen MR) is 187 cm³/mol. The largest absolute Gasteiger partial charge is 0.399 e. The monoisotopic (exact) mass is 678 g/mol. The summed E-state index contributed by atoms with van der Waals surface area (Å²) in [6.45, 7) is 9.28. The van der Waals surface area contributed by atoms with Crippen molar-refractivity contribution in [2.75, 3.05) is 25.4 Å². The van der Waals surface area contributed by atoms with Gasteiger partial charge in [0.05, 0.1) is 23.6 Å². The summed E-state index contributed by atoms with van der Waals surface area (Å²) in [5.41, 5.74) is 7.12. The van der Waals surface area contributed by atoms with Crippen LogP contribution in [0.5, 0.6) is 0 Å². The van der Waals surface area contributed by atoms with E-state index >= 15 is 0 Å². The zero-order valence-electron chi connectivity index (χ0n) is 28.5. The molecule has 2 amide bonds. The number of nitrogens with zero attached hydrogens (tertiary/aromatic N) is 2. The van der Waals surface area contributed by atoms with Crippen LogP contribution in [0.3, 0.4) is 0 Å². The van der Waals surface area contributed by atoms with E-state index in [2.05, 4.69) is 20.9 Å². The molecule has 0 saturated heterocycles. The summed E-state index contributed by atoms with van der Waals surface area (Å²) in [7, 11) is -3.99. The van der Waals surface area contributed by atoms with Crippen LogP contribution in [0.15, 0.2) is 84.0 Å². The lowest BCUT2D eigenvalue weighted by Crippen LogP contribution is -2.59. The SMILES string of the molecule is CC(C)CN(C[C@@H](O)[C@H](Cc1ccccc1)NC(=O)[C@@H](NC(=O)CNC1(c2cccnc2)CC1)C(C)(C)C)S(=O)(=O)c1ccc(N)cc1. The van der Waals surface area contributed by atoms with Gasteiger partial charge in [-0.05, 0) is 72.1 Å². The minimum Gasteiger partial charge on any atom is -0.399 e. The van der Waals surface area contributed by atoms with Crippen molar-refractivity contribution in [3.63, 3.8) is 0 Å². The van der Waals surface area contributed by atoms with Crippen LogP contribution in [0.25, 0.3) is 0 Å². The summed E-state index contributed by atoms with van der Waals surface area (Å²) in [5.74, 6) is -0.843. The average Bonchev–Trinajstić information content (AvgIpc) is 3.83. The van der Waals surface area contributed by atoms with Crippen LogP contribution in [0, 0.1) is 11.3 Å². The van der Waals surface area contributed by atoms with Gasteiger partial charge < -0.3 is 21.5 Å². The van der Waals surface area contributed by atoms with Crippen LogP contribution in [-0.4, -0.2) is 72.4 Å². The summed E-state index contributed by atoms with van der Waals surface area (Å²) in [6, 6.07) is 17.3. The number of aromatic nitrogens is 1. The van der Waals surface area contributed by atoms with Crippen molar-refractivity contribution in [3.05, 3.63) is 90.3 Å². The molecule has 260 valence electrons. The van der Waals surface area contributed by atoms with E-state index in [4.69, 9.17) is 5.73 Å². The normalized spacial score (nSPS) is 16.2. The van der Waals surface area contributed by atoms with Gasteiger partial charge in [-0.15, -0.1) is 0 Å². The number of nitrogens with two attached hydrogens (primary N) is 1. The Labute approximate surface area is 284 Å². The summed E-state index contributed by atoms with van der Waals surface area (Å²) >= 11 is 0. The Morgan fingerprint density at radius 3 is 2.21 bits per heavy atom. The van der Waals surface area contributed by atoms with Crippen LogP contribution in [-0.2, 0) is 31.6 Å². The Balaban J connectivity index is 1.52. The van der Waals surface area contributed by atoms with Gasteiger partial charge >= 0.3 is 0 Å². The van der Waals surface area contributed by atoms with Crippen molar-refractivity contribution in [3.8, 4) is 0 Å². The third-order valence-corrected chi connectivity index (χ3v) is 10.4. The molecular weight excluding hydrogens is 629 g/mol. The number of benzene rings is 2. The molecule has 1 heterocycles. The van der Waals surface area contributed by atoms with Crippen molar-refractivity contribution in [2.24, 2.45) is 11.3 Å². The molecule has 1 fully saturated rings. The third-order valence-electron chi connectivity index (χ3n) is 8.55. The molecule has 48 heavy (non-hydrogen) atoms. The van der Waals surface area contributed by atoms with E-state index in [9.17, 15) is 23.1 Å². The second-order valence-electron chi connectivity index (χ2n) is 14.2. The number of sulfonamides is 1. The highest BCUT2D eigenvalue weighted by Gasteiger charge is 2.45. The van der Waals surface area contributed by atoms with Gasteiger partial charge in [0.2, 0.25) is 21.8 Å². The van der Waals surface area contributed by atoms with Gasteiger partial charge in [-0.25, -0.2) is 8.42 Å². The quantitative estimate of drug-likeness (QED) is 0.144. The molecule has 0 aliphatic heterocycles. The maximum atomic E-state index is 14.0. The van der Waals surface area contributed by atoms with E-state index in [-0.39, 0.29) is 48.3 Å². The molecule has 2 aromatic carbocycles. The van der Waals surface area contributed by atoms with Crippen molar-refractivity contribution < 1.29 is 23.1 Å². The zero-order chi connectivity index (χ0) is 35.1. The number of pyridine rings is 1. The third kappa shape index (κ3) is 9.85. The number of nitrogens with one attached hydrogen (secondary N) is 3. The van der Waals surface area contributed by atoms with Gasteiger partial charge in [0, 0.05) is 36.7 Å². The van der Waals surface area contributed by atoms with E-state index < -0.39 is 39.5 Å². The molecule has 1 saturated carbocycles. The summed E-state index contributed by atoms with van der Waals surface area (Å²) in [4.78, 5) is 31.5. The molecule has 0 bridgehead atoms. The number of anilines is 1. The van der Waals surface area contributed by atoms with Crippen molar-refractivity contribution in [2.45, 2.75) is 82.5 Å². The van der Waals surface area contributed by atoms with E-state index in [0.29, 0.717) is 5.69 Å². The van der Waals surface area contributed by atoms with Crippen LogP contribution < -0.4 is 21.7 Å². The molecule has 0 radical (unpaired) electrons. The first-order valence-electron chi connectivity index (χ1n) is 16.4. The number of hydrogen-bond donors (Lipinski definition) is 5. The van der Waals surface area contributed by atoms with E-state index in [1.807, 2.05) is 77.1 Å². The maximum absolute atomic E-state index is 14.0. The fourth-order valence-electron chi connectivity index (χ4n) is 5.70. The predicted octanol–water partition coefficient (Wildman–Crippen LogP) is 3.21. The molecule has 1 aromatic heterocycles. The van der Waals surface area contributed by atoms with Gasteiger partial charge in [-0.2, -0.15) is 4.31 Å². The highest BCUT2D eigenvalue weighted by Crippen LogP contribution is 2.44. The molecule has 3 atom stereocenters.